The van der Waals surface area contributed by atoms with Crippen molar-refractivity contribution in [1.29, 1.82) is 0 Å². The average molecular weight is 413 g/mol. The van der Waals surface area contributed by atoms with Crippen LogP contribution in [0.2, 0.25) is 0 Å². The number of aryl methyl sites for hydroxylation is 1. The summed E-state index contributed by atoms with van der Waals surface area (Å²) in [6.07, 6.45) is 1.82. The minimum atomic E-state index is 0.00858. The third-order valence-corrected chi connectivity index (χ3v) is 5.65. The van der Waals surface area contributed by atoms with Gasteiger partial charge in [0.15, 0.2) is 11.5 Å². The summed E-state index contributed by atoms with van der Waals surface area (Å²) in [6.45, 7) is 4.76. The molecule has 0 unspecified atom stereocenters. The van der Waals surface area contributed by atoms with Gasteiger partial charge in [-0.2, -0.15) is 0 Å². The molecule has 3 rings (SSSR count). The highest BCUT2D eigenvalue weighted by molar-refractivity contribution is 5.94. The van der Waals surface area contributed by atoms with Gasteiger partial charge in [0.1, 0.15) is 6.61 Å². The van der Waals surface area contributed by atoms with E-state index in [-0.39, 0.29) is 18.6 Å². The standard InChI is InChI=1S/C24H32N2O4/c1-18-8-10-20(11-9-18)26(23(27)17-28-2)21-12-14-25(15-13-21)16-19-6-5-7-22(29-3)24(19)30-4/h5-11,21H,12-17H2,1-4H3. The predicted molar refractivity (Wildman–Crippen MR) is 118 cm³/mol. The quantitative estimate of drug-likeness (QED) is 0.662. The molecule has 1 saturated heterocycles. The number of hydrogen-bond acceptors (Lipinski definition) is 5. The highest BCUT2D eigenvalue weighted by Crippen LogP contribution is 2.32. The summed E-state index contributed by atoms with van der Waals surface area (Å²) >= 11 is 0. The van der Waals surface area contributed by atoms with Crippen molar-refractivity contribution in [3.8, 4) is 11.5 Å². The lowest BCUT2D eigenvalue weighted by atomic mass is 10.0. The first-order valence-corrected chi connectivity index (χ1v) is 10.4. The Morgan fingerprint density at radius 2 is 1.73 bits per heavy atom. The minimum absolute atomic E-state index is 0.00858. The first kappa shape index (κ1) is 22.1. The lowest BCUT2D eigenvalue weighted by Crippen LogP contribution is -2.48. The van der Waals surface area contributed by atoms with Crippen molar-refractivity contribution in [2.75, 3.05) is 45.9 Å². The number of nitrogens with zero attached hydrogens (tertiary/aromatic N) is 2. The molecule has 0 atom stereocenters. The van der Waals surface area contributed by atoms with Gasteiger partial charge in [0.25, 0.3) is 5.91 Å². The third kappa shape index (κ3) is 5.12. The molecule has 2 aromatic carbocycles. The van der Waals surface area contributed by atoms with Crippen molar-refractivity contribution in [3.05, 3.63) is 53.6 Å². The molecule has 0 spiro atoms. The van der Waals surface area contributed by atoms with Crippen LogP contribution in [0.5, 0.6) is 11.5 Å². The van der Waals surface area contributed by atoms with Crippen molar-refractivity contribution < 1.29 is 19.0 Å². The van der Waals surface area contributed by atoms with Crippen LogP contribution >= 0.6 is 0 Å². The van der Waals surface area contributed by atoms with E-state index in [2.05, 4.69) is 17.9 Å². The number of anilines is 1. The molecule has 1 aliphatic heterocycles. The van der Waals surface area contributed by atoms with Gasteiger partial charge in [-0.15, -0.1) is 0 Å². The Balaban J connectivity index is 1.69. The molecule has 1 aliphatic rings. The van der Waals surface area contributed by atoms with E-state index in [1.807, 2.05) is 41.3 Å². The maximum atomic E-state index is 12.8. The first-order chi connectivity index (χ1) is 14.6. The van der Waals surface area contributed by atoms with Crippen LogP contribution in [-0.4, -0.2) is 57.9 Å². The second kappa shape index (κ2) is 10.5. The molecule has 0 bridgehead atoms. The van der Waals surface area contributed by atoms with Gasteiger partial charge >= 0.3 is 0 Å². The molecule has 6 heteroatoms. The van der Waals surface area contributed by atoms with Gasteiger partial charge < -0.3 is 19.1 Å². The normalized spacial score (nSPS) is 15.1. The Labute approximate surface area is 179 Å². The van der Waals surface area contributed by atoms with E-state index in [9.17, 15) is 4.79 Å². The van der Waals surface area contributed by atoms with E-state index >= 15 is 0 Å². The number of carbonyl (C=O) groups excluding carboxylic acids is 1. The fraction of sp³-hybridized carbons (Fsp3) is 0.458. The molecule has 0 radical (unpaired) electrons. The number of benzene rings is 2. The zero-order valence-electron chi connectivity index (χ0n) is 18.4. The second-order valence-corrected chi connectivity index (χ2v) is 7.69. The fourth-order valence-electron chi connectivity index (χ4n) is 4.11. The topological polar surface area (TPSA) is 51.2 Å². The van der Waals surface area contributed by atoms with Gasteiger partial charge in [-0.25, -0.2) is 0 Å². The van der Waals surface area contributed by atoms with E-state index in [0.29, 0.717) is 0 Å². The van der Waals surface area contributed by atoms with Crippen molar-refractivity contribution >= 4 is 11.6 Å². The molecular formula is C24H32N2O4. The van der Waals surface area contributed by atoms with Gasteiger partial charge in [-0.1, -0.05) is 29.8 Å². The Morgan fingerprint density at radius 3 is 2.33 bits per heavy atom. The minimum Gasteiger partial charge on any atom is -0.493 e. The number of amides is 1. The summed E-state index contributed by atoms with van der Waals surface area (Å²) in [5, 5.41) is 0. The zero-order chi connectivity index (χ0) is 21.5. The SMILES string of the molecule is COCC(=O)N(c1ccc(C)cc1)C1CCN(Cc2cccc(OC)c2OC)CC1. The Kier molecular flexibility index (Phi) is 7.71. The van der Waals surface area contributed by atoms with Crippen LogP contribution in [0.3, 0.4) is 0 Å². The summed E-state index contributed by atoms with van der Waals surface area (Å²) in [4.78, 5) is 17.1. The number of piperidine rings is 1. The first-order valence-electron chi connectivity index (χ1n) is 10.4. The van der Waals surface area contributed by atoms with Gasteiger partial charge in [0.2, 0.25) is 0 Å². The summed E-state index contributed by atoms with van der Waals surface area (Å²) < 4.78 is 16.1. The molecule has 30 heavy (non-hydrogen) atoms. The second-order valence-electron chi connectivity index (χ2n) is 7.69. The van der Waals surface area contributed by atoms with Gasteiger partial charge in [0, 0.05) is 44.0 Å². The van der Waals surface area contributed by atoms with Crippen LogP contribution in [-0.2, 0) is 16.1 Å². The maximum Gasteiger partial charge on any atom is 0.253 e. The van der Waals surface area contributed by atoms with Crippen molar-refractivity contribution in [3.63, 3.8) is 0 Å². The maximum absolute atomic E-state index is 12.8. The van der Waals surface area contributed by atoms with Crippen molar-refractivity contribution in [1.82, 2.24) is 4.90 Å². The Hall–Kier alpha value is -2.57. The highest BCUT2D eigenvalue weighted by Gasteiger charge is 2.29. The number of likely N-dealkylation sites (tertiary alicyclic amines) is 1. The van der Waals surface area contributed by atoms with Crippen LogP contribution < -0.4 is 14.4 Å². The predicted octanol–water partition coefficient (Wildman–Crippen LogP) is 3.66. The lowest BCUT2D eigenvalue weighted by molar-refractivity contribution is -0.122. The number of methoxy groups -OCH3 is 3. The van der Waals surface area contributed by atoms with Crippen LogP contribution in [0, 0.1) is 6.92 Å². The van der Waals surface area contributed by atoms with Gasteiger partial charge in [-0.05, 0) is 38.0 Å². The molecule has 6 nitrogen and oxygen atoms in total. The van der Waals surface area contributed by atoms with Crippen LogP contribution in [0.4, 0.5) is 5.69 Å². The molecule has 0 N–H and O–H groups in total. The van der Waals surface area contributed by atoms with E-state index in [0.717, 1.165) is 55.2 Å². The summed E-state index contributed by atoms with van der Waals surface area (Å²) in [7, 11) is 4.90. The van der Waals surface area contributed by atoms with Crippen LogP contribution in [0.1, 0.15) is 24.0 Å². The van der Waals surface area contributed by atoms with E-state index in [1.54, 1.807) is 21.3 Å². The number of hydrogen-bond donors (Lipinski definition) is 0. The highest BCUT2D eigenvalue weighted by atomic mass is 16.5. The average Bonchev–Trinajstić information content (AvgIpc) is 2.76. The summed E-state index contributed by atoms with van der Waals surface area (Å²) in [6, 6.07) is 14.3. The molecule has 1 amide bonds. The number of ether oxygens (including phenoxy) is 3. The number of carbonyl (C=O) groups is 1. The van der Waals surface area contributed by atoms with Gasteiger partial charge in [0.05, 0.1) is 14.2 Å². The monoisotopic (exact) mass is 412 g/mol. The van der Waals surface area contributed by atoms with Crippen LogP contribution in [0.25, 0.3) is 0 Å². The van der Waals surface area contributed by atoms with Crippen molar-refractivity contribution in [2.24, 2.45) is 0 Å². The Bertz CT molecular complexity index is 830. The summed E-state index contributed by atoms with van der Waals surface area (Å²) in [5.41, 5.74) is 3.23. The van der Waals surface area contributed by atoms with Crippen LogP contribution in [0.15, 0.2) is 42.5 Å². The largest absolute Gasteiger partial charge is 0.493 e. The lowest BCUT2D eigenvalue weighted by Gasteiger charge is -2.38. The van der Waals surface area contributed by atoms with E-state index in [4.69, 9.17) is 14.2 Å². The molecule has 0 saturated carbocycles. The zero-order valence-corrected chi connectivity index (χ0v) is 18.4. The van der Waals surface area contributed by atoms with Crippen molar-refractivity contribution in [2.45, 2.75) is 32.4 Å². The molecule has 0 aromatic heterocycles. The number of rotatable bonds is 8. The molecular weight excluding hydrogens is 380 g/mol. The molecule has 2 aromatic rings. The molecule has 1 fully saturated rings. The van der Waals surface area contributed by atoms with E-state index in [1.165, 1.54) is 5.56 Å². The fourth-order valence-corrected chi connectivity index (χ4v) is 4.11. The third-order valence-electron chi connectivity index (χ3n) is 5.65. The number of para-hydroxylation sites is 1. The van der Waals surface area contributed by atoms with Gasteiger partial charge in [-0.3, -0.25) is 9.69 Å². The molecule has 1 heterocycles. The smallest absolute Gasteiger partial charge is 0.253 e. The Morgan fingerprint density at radius 1 is 1.03 bits per heavy atom. The van der Waals surface area contributed by atoms with E-state index < -0.39 is 0 Å². The summed E-state index contributed by atoms with van der Waals surface area (Å²) in [5.74, 6) is 1.55. The molecule has 162 valence electrons. The molecule has 0 aliphatic carbocycles.